The third-order valence-electron chi connectivity index (χ3n) is 5.61. The van der Waals surface area contributed by atoms with E-state index in [-0.39, 0.29) is 0 Å². The number of pyridine rings is 2. The topological polar surface area (TPSA) is 43.6 Å². The SMILES string of the molecule is C1=C[SH](c2cccc(-c3nn4c(c3-c3ccnc5ccccc35)CCC4)n2)C=C1. The molecule has 0 radical (unpaired) electrons. The summed E-state index contributed by atoms with van der Waals surface area (Å²) in [6, 6.07) is 16.8. The first-order valence-electron chi connectivity index (χ1n) is 9.93. The molecule has 142 valence electrons. The second-order valence-electron chi connectivity index (χ2n) is 7.34. The fourth-order valence-electron chi connectivity index (χ4n) is 4.29. The Morgan fingerprint density at radius 2 is 1.83 bits per heavy atom. The van der Waals surface area contributed by atoms with Gasteiger partial charge in [-0.3, -0.25) is 9.67 Å². The standard InChI is InChI=1S/C24H20N4S/c1-2-8-19-17(7-1)18(12-13-25-19)23-21-10-6-14-28(21)27-24(23)20-9-5-11-22(26-20)29-15-3-4-16-29/h1-5,7-9,11-13,15-16,29H,6,10,14H2. The van der Waals surface area contributed by atoms with E-state index in [0.717, 1.165) is 41.3 Å². The van der Waals surface area contributed by atoms with Crippen molar-refractivity contribution in [3.05, 3.63) is 83.4 Å². The van der Waals surface area contributed by atoms with Gasteiger partial charge in [0.15, 0.2) is 0 Å². The fourth-order valence-corrected chi connectivity index (χ4v) is 5.75. The number of rotatable bonds is 3. The number of thiol groups is 1. The van der Waals surface area contributed by atoms with Crippen LogP contribution in [0.15, 0.2) is 82.7 Å². The summed E-state index contributed by atoms with van der Waals surface area (Å²) in [5.41, 5.74) is 6.69. The highest BCUT2D eigenvalue weighted by molar-refractivity contribution is 8.22. The van der Waals surface area contributed by atoms with Crippen LogP contribution in [-0.2, 0) is 13.0 Å². The first-order chi connectivity index (χ1) is 14.4. The molecule has 0 fully saturated rings. The maximum absolute atomic E-state index is 5.04. The van der Waals surface area contributed by atoms with Crippen LogP contribution in [0.25, 0.3) is 33.4 Å². The zero-order valence-corrected chi connectivity index (χ0v) is 16.8. The maximum atomic E-state index is 5.04. The zero-order chi connectivity index (χ0) is 19.2. The van der Waals surface area contributed by atoms with Gasteiger partial charge >= 0.3 is 0 Å². The summed E-state index contributed by atoms with van der Waals surface area (Å²) in [5.74, 6) is 0. The van der Waals surface area contributed by atoms with Crippen molar-refractivity contribution in [3.8, 4) is 22.5 Å². The van der Waals surface area contributed by atoms with E-state index in [0.29, 0.717) is 0 Å². The molecule has 6 rings (SSSR count). The molecular formula is C24H20N4S. The minimum Gasteiger partial charge on any atom is -0.268 e. The summed E-state index contributed by atoms with van der Waals surface area (Å²) < 4.78 is 2.18. The largest absolute Gasteiger partial charge is 0.268 e. The second-order valence-corrected chi connectivity index (χ2v) is 9.21. The number of nitrogens with zero attached hydrogens (tertiary/aromatic N) is 4. The molecule has 2 aliphatic heterocycles. The smallest absolute Gasteiger partial charge is 0.119 e. The normalized spacial score (nSPS) is 16.1. The number of hydrogen-bond acceptors (Lipinski definition) is 3. The first-order valence-corrected chi connectivity index (χ1v) is 11.4. The van der Waals surface area contributed by atoms with Crippen molar-refractivity contribution in [2.24, 2.45) is 0 Å². The van der Waals surface area contributed by atoms with Gasteiger partial charge in [-0.1, -0.05) is 36.4 Å². The lowest BCUT2D eigenvalue weighted by Gasteiger charge is -2.12. The van der Waals surface area contributed by atoms with Crippen LogP contribution in [0.4, 0.5) is 0 Å². The summed E-state index contributed by atoms with van der Waals surface area (Å²) in [7, 11) is -0.446. The van der Waals surface area contributed by atoms with Crippen LogP contribution >= 0.6 is 10.9 Å². The van der Waals surface area contributed by atoms with Gasteiger partial charge < -0.3 is 0 Å². The van der Waals surface area contributed by atoms with Gasteiger partial charge in [0.25, 0.3) is 0 Å². The molecule has 0 spiro atoms. The van der Waals surface area contributed by atoms with Crippen molar-refractivity contribution in [2.45, 2.75) is 24.4 Å². The van der Waals surface area contributed by atoms with Crippen LogP contribution in [0.3, 0.4) is 0 Å². The lowest BCUT2D eigenvalue weighted by molar-refractivity contribution is 0.658. The van der Waals surface area contributed by atoms with E-state index < -0.39 is 10.9 Å². The van der Waals surface area contributed by atoms with Crippen molar-refractivity contribution in [3.63, 3.8) is 0 Å². The number of aromatic nitrogens is 4. The summed E-state index contributed by atoms with van der Waals surface area (Å²) >= 11 is 0. The Kier molecular flexibility index (Phi) is 3.87. The van der Waals surface area contributed by atoms with Crippen molar-refractivity contribution in [1.29, 1.82) is 0 Å². The molecule has 5 heteroatoms. The molecule has 0 N–H and O–H groups in total. The Morgan fingerprint density at radius 1 is 0.931 bits per heavy atom. The molecule has 0 saturated heterocycles. The van der Waals surface area contributed by atoms with Gasteiger partial charge in [0.1, 0.15) is 5.69 Å². The number of allylic oxidation sites excluding steroid dienone is 2. The van der Waals surface area contributed by atoms with Crippen LogP contribution in [-0.4, -0.2) is 19.7 Å². The Balaban J connectivity index is 1.58. The molecule has 0 unspecified atom stereocenters. The number of benzene rings is 1. The van der Waals surface area contributed by atoms with E-state index in [1.54, 1.807) is 0 Å². The molecule has 0 aliphatic carbocycles. The predicted molar refractivity (Wildman–Crippen MR) is 120 cm³/mol. The lowest BCUT2D eigenvalue weighted by atomic mass is 9.97. The maximum Gasteiger partial charge on any atom is 0.119 e. The van der Waals surface area contributed by atoms with Gasteiger partial charge in [-0.15, -0.1) is 0 Å². The van der Waals surface area contributed by atoms with E-state index in [1.807, 2.05) is 12.3 Å². The highest BCUT2D eigenvalue weighted by Crippen LogP contribution is 2.43. The highest BCUT2D eigenvalue weighted by Gasteiger charge is 2.25. The van der Waals surface area contributed by atoms with Crippen molar-refractivity contribution in [1.82, 2.24) is 19.7 Å². The van der Waals surface area contributed by atoms with Crippen LogP contribution in [0.2, 0.25) is 0 Å². The van der Waals surface area contributed by atoms with Crippen LogP contribution in [0, 0.1) is 0 Å². The number of hydrogen-bond donors (Lipinski definition) is 1. The molecule has 0 bridgehead atoms. The lowest BCUT2D eigenvalue weighted by Crippen LogP contribution is -1.95. The average Bonchev–Trinajstić information content (AvgIpc) is 3.51. The van der Waals surface area contributed by atoms with Crippen LogP contribution < -0.4 is 0 Å². The monoisotopic (exact) mass is 396 g/mol. The van der Waals surface area contributed by atoms with Crippen molar-refractivity contribution in [2.75, 3.05) is 0 Å². The van der Waals surface area contributed by atoms with E-state index in [2.05, 4.69) is 75.1 Å². The molecule has 4 nitrogen and oxygen atoms in total. The van der Waals surface area contributed by atoms with E-state index in [4.69, 9.17) is 10.1 Å². The number of para-hydroxylation sites is 1. The molecule has 0 saturated carbocycles. The van der Waals surface area contributed by atoms with Crippen LogP contribution in [0.5, 0.6) is 0 Å². The second kappa shape index (κ2) is 6.71. The molecule has 1 aromatic carbocycles. The molecule has 29 heavy (non-hydrogen) atoms. The summed E-state index contributed by atoms with van der Waals surface area (Å²) in [5, 5.41) is 11.8. The summed E-state index contributed by atoms with van der Waals surface area (Å²) in [4.78, 5) is 9.60. The predicted octanol–water partition coefficient (Wildman–Crippen LogP) is 5.51. The van der Waals surface area contributed by atoms with E-state index >= 15 is 0 Å². The zero-order valence-electron chi connectivity index (χ0n) is 15.9. The van der Waals surface area contributed by atoms with Crippen molar-refractivity contribution >= 4 is 21.8 Å². The van der Waals surface area contributed by atoms with Crippen molar-refractivity contribution < 1.29 is 0 Å². The summed E-state index contributed by atoms with van der Waals surface area (Å²) in [6.45, 7) is 0.975. The first kappa shape index (κ1) is 16.7. The molecule has 0 amide bonds. The molecule has 0 atom stereocenters. The molecular weight excluding hydrogens is 376 g/mol. The molecule has 3 aromatic heterocycles. The average molecular weight is 397 g/mol. The fraction of sp³-hybridized carbons (Fsp3) is 0.125. The quantitative estimate of drug-likeness (QED) is 0.465. The molecule has 5 heterocycles. The number of fused-ring (bicyclic) bond motifs is 2. The highest BCUT2D eigenvalue weighted by atomic mass is 32.2. The van der Waals surface area contributed by atoms with E-state index in [9.17, 15) is 0 Å². The number of aryl methyl sites for hydroxylation is 1. The van der Waals surface area contributed by atoms with Gasteiger partial charge in [-0.25, -0.2) is 4.98 Å². The van der Waals surface area contributed by atoms with E-state index in [1.165, 1.54) is 22.2 Å². The molecule has 4 aromatic rings. The van der Waals surface area contributed by atoms with Crippen LogP contribution in [0.1, 0.15) is 12.1 Å². The minimum atomic E-state index is -0.446. The van der Waals surface area contributed by atoms with Gasteiger partial charge in [0, 0.05) is 29.4 Å². The van der Waals surface area contributed by atoms with Gasteiger partial charge in [0.05, 0.1) is 16.2 Å². The van der Waals surface area contributed by atoms with Gasteiger partial charge in [-0.2, -0.15) is 16.0 Å². The molecule has 2 aliphatic rings. The summed E-state index contributed by atoms with van der Waals surface area (Å²) in [6.07, 6.45) is 8.32. The third kappa shape index (κ3) is 2.73. The Hall–Kier alpha value is -3.18. The van der Waals surface area contributed by atoms with Gasteiger partial charge in [-0.05, 0) is 53.5 Å². The van der Waals surface area contributed by atoms with Gasteiger partial charge in [0.2, 0.25) is 0 Å². The third-order valence-corrected chi connectivity index (χ3v) is 7.37. The Labute approximate surface area is 172 Å². The Bertz CT molecular complexity index is 1280. The Morgan fingerprint density at radius 3 is 2.76 bits per heavy atom. The minimum absolute atomic E-state index is 0.446.